The lowest BCUT2D eigenvalue weighted by Gasteiger charge is -2.26. The summed E-state index contributed by atoms with van der Waals surface area (Å²) in [4.78, 5) is 2.19. The Morgan fingerprint density at radius 2 is 1.06 bits per heavy atom. The normalized spacial score (nSPS) is 16.7. The molecule has 0 saturated carbocycles. The first kappa shape index (κ1) is 22.9. The van der Waals surface area contributed by atoms with Crippen LogP contribution in [0.5, 0.6) is 0 Å². The van der Waals surface area contributed by atoms with Crippen molar-refractivity contribution in [3.05, 3.63) is 115 Å². The maximum absolute atomic E-state index is 6.04. The van der Waals surface area contributed by atoms with Gasteiger partial charge in [0.15, 0.2) is 0 Å². The van der Waals surface area contributed by atoms with Gasteiger partial charge < -0.3 is 23.5 Å². The van der Waals surface area contributed by atoms with E-state index in [1.54, 1.807) is 0 Å². The standard InChI is InChI=1S/C28H27B2NO4/c1-19-7-13-25(14-8-19)31(26-15-9-23(10-16-26)29-32-20(2)21(3)33-29)27-17-11-24(12-18-27)30-34-22(4)28(5,6)35-30/h7-18H,2-4H2,1,5-6H3. The number of anilines is 3. The number of hydrogen-bond acceptors (Lipinski definition) is 5. The lowest BCUT2D eigenvalue weighted by Crippen LogP contribution is -2.34. The van der Waals surface area contributed by atoms with Gasteiger partial charge in [-0.25, -0.2) is 0 Å². The van der Waals surface area contributed by atoms with Gasteiger partial charge in [0.2, 0.25) is 0 Å². The van der Waals surface area contributed by atoms with Crippen molar-refractivity contribution in [1.82, 2.24) is 0 Å². The molecule has 7 heteroatoms. The number of aryl methyl sites for hydroxylation is 1. The van der Waals surface area contributed by atoms with Crippen molar-refractivity contribution in [3.8, 4) is 0 Å². The predicted molar refractivity (Wildman–Crippen MR) is 142 cm³/mol. The second kappa shape index (κ2) is 8.75. The highest BCUT2D eigenvalue weighted by Crippen LogP contribution is 2.35. The van der Waals surface area contributed by atoms with Gasteiger partial charge in [-0.05, 0) is 62.6 Å². The van der Waals surface area contributed by atoms with Crippen LogP contribution >= 0.6 is 0 Å². The van der Waals surface area contributed by atoms with Crippen LogP contribution in [0.15, 0.2) is 110 Å². The Balaban J connectivity index is 1.45. The second-order valence-electron chi connectivity index (χ2n) is 9.27. The highest BCUT2D eigenvalue weighted by atomic mass is 16.7. The Morgan fingerprint density at radius 1 is 0.629 bits per heavy atom. The molecule has 5 rings (SSSR count). The third-order valence-corrected chi connectivity index (χ3v) is 6.27. The molecule has 2 fully saturated rings. The van der Waals surface area contributed by atoms with E-state index >= 15 is 0 Å². The quantitative estimate of drug-likeness (QED) is 0.483. The van der Waals surface area contributed by atoms with E-state index in [0.717, 1.165) is 28.0 Å². The van der Waals surface area contributed by atoms with Crippen molar-refractivity contribution in [2.24, 2.45) is 0 Å². The largest absolute Gasteiger partial charge is 0.632 e. The molecule has 0 N–H and O–H groups in total. The molecule has 0 spiro atoms. The zero-order valence-electron chi connectivity index (χ0n) is 20.3. The first-order valence-corrected chi connectivity index (χ1v) is 11.5. The highest BCUT2D eigenvalue weighted by Gasteiger charge is 2.42. The van der Waals surface area contributed by atoms with E-state index in [-0.39, 0.29) is 0 Å². The van der Waals surface area contributed by atoms with Crippen molar-refractivity contribution in [2.45, 2.75) is 26.4 Å². The Morgan fingerprint density at radius 3 is 1.49 bits per heavy atom. The van der Waals surface area contributed by atoms with Crippen LogP contribution in [0.3, 0.4) is 0 Å². The minimum absolute atomic E-state index is 0.461. The first-order chi connectivity index (χ1) is 16.7. The monoisotopic (exact) mass is 463 g/mol. The number of rotatable bonds is 5. The maximum atomic E-state index is 6.04. The van der Waals surface area contributed by atoms with Gasteiger partial charge in [-0.3, -0.25) is 0 Å². The summed E-state index contributed by atoms with van der Waals surface area (Å²) < 4.78 is 23.2. The Bertz CT molecular complexity index is 1270. The predicted octanol–water partition coefficient (Wildman–Crippen LogP) is 5.27. The fourth-order valence-corrected chi connectivity index (χ4v) is 4.02. The molecule has 0 bridgehead atoms. The molecule has 2 saturated heterocycles. The van der Waals surface area contributed by atoms with E-state index in [4.69, 9.17) is 18.6 Å². The third-order valence-electron chi connectivity index (χ3n) is 6.27. The summed E-state index contributed by atoms with van der Waals surface area (Å²) in [6.45, 7) is 17.6. The van der Waals surface area contributed by atoms with Crippen molar-refractivity contribution < 1.29 is 18.6 Å². The van der Waals surface area contributed by atoms with E-state index in [9.17, 15) is 0 Å². The van der Waals surface area contributed by atoms with E-state index in [1.807, 2.05) is 38.1 Å². The van der Waals surface area contributed by atoms with Crippen molar-refractivity contribution in [1.29, 1.82) is 0 Å². The molecule has 0 unspecified atom stereocenters. The summed E-state index contributed by atoms with van der Waals surface area (Å²) >= 11 is 0. The molecule has 174 valence electrons. The summed E-state index contributed by atoms with van der Waals surface area (Å²) in [6, 6.07) is 24.7. The molecule has 0 amide bonds. The summed E-state index contributed by atoms with van der Waals surface area (Å²) in [5.74, 6) is 1.56. The molecule has 0 aromatic heterocycles. The van der Waals surface area contributed by atoms with Gasteiger partial charge in [0.05, 0.1) is 5.76 Å². The molecule has 5 nitrogen and oxygen atoms in total. The molecular formula is C28H27B2NO4. The average molecular weight is 463 g/mol. The minimum Gasteiger partial charge on any atom is -0.534 e. The maximum Gasteiger partial charge on any atom is 0.632 e. The second-order valence-corrected chi connectivity index (χ2v) is 9.27. The average Bonchev–Trinajstić information content (AvgIpc) is 3.33. The first-order valence-electron chi connectivity index (χ1n) is 11.5. The van der Waals surface area contributed by atoms with Crippen LogP contribution in [0.1, 0.15) is 19.4 Å². The van der Waals surface area contributed by atoms with Crippen molar-refractivity contribution >= 4 is 42.2 Å². The van der Waals surface area contributed by atoms with Gasteiger partial charge in [0.25, 0.3) is 0 Å². The van der Waals surface area contributed by atoms with Crippen molar-refractivity contribution in [3.63, 3.8) is 0 Å². The van der Waals surface area contributed by atoms with Crippen LogP contribution in [0.25, 0.3) is 0 Å². The van der Waals surface area contributed by atoms with Gasteiger partial charge in [-0.1, -0.05) is 61.7 Å². The van der Waals surface area contributed by atoms with E-state index in [1.165, 1.54) is 5.56 Å². The highest BCUT2D eigenvalue weighted by molar-refractivity contribution is 6.63. The van der Waals surface area contributed by atoms with Gasteiger partial charge in [-0.2, -0.15) is 0 Å². The SMILES string of the molecule is C=C1OB(c2ccc(N(c3ccc(C)cc3)c3ccc(B4OC(=C)C(C)(C)O4)cc3)cc2)OC1=C. The van der Waals surface area contributed by atoms with Crippen LogP contribution in [0.2, 0.25) is 0 Å². The van der Waals surface area contributed by atoms with E-state index in [2.05, 4.69) is 80.1 Å². The molecule has 35 heavy (non-hydrogen) atoms. The zero-order valence-corrected chi connectivity index (χ0v) is 20.3. The van der Waals surface area contributed by atoms with Crippen LogP contribution in [-0.2, 0) is 18.6 Å². The van der Waals surface area contributed by atoms with Crippen LogP contribution in [-0.4, -0.2) is 19.8 Å². The van der Waals surface area contributed by atoms with E-state index in [0.29, 0.717) is 17.3 Å². The summed E-state index contributed by atoms with van der Waals surface area (Å²) in [6.07, 6.45) is 0. The van der Waals surface area contributed by atoms with Gasteiger partial charge in [-0.15, -0.1) is 0 Å². The van der Waals surface area contributed by atoms with Crippen molar-refractivity contribution in [2.75, 3.05) is 4.90 Å². The molecule has 2 aliphatic heterocycles. The fourth-order valence-electron chi connectivity index (χ4n) is 4.02. The fraction of sp³-hybridized carbons (Fsp3) is 0.143. The summed E-state index contributed by atoms with van der Waals surface area (Å²) in [5, 5.41) is 0. The minimum atomic E-state index is -0.526. The van der Waals surface area contributed by atoms with Crippen LogP contribution < -0.4 is 15.8 Å². The van der Waals surface area contributed by atoms with E-state index < -0.39 is 19.8 Å². The zero-order chi connectivity index (χ0) is 24.7. The van der Waals surface area contributed by atoms with Crippen LogP contribution in [0, 0.1) is 6.92 Å². The van der Waals surface area contributed by atoms with Gasteiger partial charge >= 0.3 is 14.2 Å². The molecule has 0 atom stereocenters. The number of benzene rings is 3. The summed E-state index contributed by atoms with van der Waals surface area (Å²) in [5.41, 5.74) is 5.59. The summed E-state index contributed by atoms with van der Waals surface area (Å²) in [7, 11) is -0.990. The molecule has 0 radical (unpaired) electrons. The molecule has 0 aliphatic carbocycles. The smallest absolute Gasteiger partial charge is 0.534 e. The van der Waals surface area contributed by atoms with Gasteiger partial charge in [0.1, 0.15) is 17.1 Å². The number of nitrogens with zero attached hydrogens (tertiary/aromatic N) is 1. The Hall–Kier alpha value is -3.83. The number of hydrogen-bond donors (Lipinski definition) is 0. The molecule has 2 aliphatic rings. The third kappa shape index (κ3) is 4.47. The topological polar surface area (TPSA) is 40.2 Å². The lowest BCUT2D eigenvalue weighted by molar-refractivity contribution is 0.173. The molecule has 2 heterocycles. The Kier molecular flexibility index (Phi) is 5.73. The Labute approximate surface area is 207 Å². The molecular weight excluding hydrogens is 436 g/mol. The lowest BCUT2D eigenvalue weighted by atomic mass is 9.79. The van der Waals surface area contributed by atoms with Crippen LogP contribution in [0.4, 0.5) is 17.1 Å². The molecule has 3 aromatic carbocycles. The molecule has 3 aromatic rings. The van der Waals surface area contributed by atoms with Gasteiger partial charge in [0, 0.05) is 22.5 Å².